The summed E-state index contributed by atoms with van der Waals surface area (Å²) in [5, 5.41) is 19.4. The highest BCUT2D eigenvalue weighted by Gasteiger charge is 2.27. The Balaban J connectivity index is 1.87. The first-order valence-corrected chi connectivity index (χ1v) is 12.4. The van der Waals surface area contributed by atoms with E-state index in [-0.39, 0.29) is 18.0 Å². The smallest absolute Gasteiger partial charge is 0.419 e. The summed E-state index contributed by atoms with van der Waals surface area (Å²) in [7, 11) is 0. The molecule has 0 bridgehead atoms. The number of ether oxygens (including phenoxy) is 2. The highest BCUT2D eigenvalue weighted by atomic mass is 16.7. The fourth-order valence-corrected chi connectivity index (χ4v) is 3.67. The Morgan fingerprint density at radius 2 is 1.90 bits per heavy atom. The van der Waals surface area contributed by atoms with Gasteiger partial charge >= 0.3 is 12.1 Å². The topological polar surface area (TPSA) is 164 Å². The number of imide groups is 1. The first kappa shape index (κ1) is 29.0. The molecule has 13 nitrogen and oxygen atoms in total. The van der Waals surface area contributed by atoms with Crippen molar-refractivity contribution < 1.29 is 33.8 Å². The van der Waals surface area contributed by atoms with Gasteiger partial charge in [0.1, 0.15) is 17.9 Å². The van der Waals surface area contributed by atoms with Gasteiger partial charge in [0, 0.05) is 30.5 Å². The number of carbonyl (C=O) groups excluding carboxylic acids is 4. The molecule has 0 spiro atoms. The molecule has 0 saturated heterocycles. The lowest BCUT2D eigenvalue weighted by molar-refractivity contribution is -0.161. The van der Waals surface area contributed by atoms with Crippen molar-refractivity contribution in [2.45, 2.75) is 47.1 Å². The molecule has 2 aromatic heterocycles. The van der Waals surface area contributed by atoms with Gasteiger partial charge in [0.25, 0.3) is 11.8 Å². The van der Waals surface area contributed by atoms with E-state index in [9.17, 15) is 19.2 Å². The van der Waals surface area contributed by atoms with Gasteiger partial charge in [0.2, 0.25) is 6.79 Å². The van der Waals surface area contributed by atoms with E-state index in [4.69, 9.17) is 9.84 Å². The molecule has 0 radical (unpaired) electrons. The third kappa shape index (κ3) is 6.68. The minimum absolute atomic E-state index is 0.0173. The van der Waals surface area contributed by atoms with Crippen molar-refractivity contribution in [1.29, 1.82) is 0 Å². The van der Waals surface area contributed by atoms with Crippen LogP contribution in [0.4, 0.5) is 16.3 Å². The number of nitrogens with zero attached hydrogens (tertiary/aromatic N) is 4. The molecule has 2 heterocycles. The van der Waals surface area contributed by atoms with Gasteiger partial charge in [-0.05, 0) is 57.4 Å². The zero-order valence-electron chi connectivity index (χ0n) is 22.5. The quantitative estimate of drug-likeness (QED) is 0.257. The van der Waals surface area contributed by atoms with Crippen LogP contribution in [0.25, 0.3) is 5.52 Å². The van der Waals surface area contributed by atoms with E-state index < -0.39 is 30.9 Å². The van der Waals surface area contributed by atoms with E-state index in [0.29, 0.717) is 34.7 Å². The van der Waals surface area contributed by atoms with Gasteiger partial charge in [-0.1, -0.05) is 13.0 Å². The minimum atomic E-state index is -1.38. The number of esters is 1. The van der Waals surface area contributed by atoms with E-state index >= 15 is 0 Å². The average molecular weight is 541 g/mol. The van der Waals surface area contributed by atoms with Crippen LogP contribution in [0.15, 0.2) is 30.7 Å². The highest BCUT2D eigenvalue weighted by molar-refractivity contribution is 6.05. The van der Waals surface area contributed by atoms with Crippen LogP contribution >= 0.6 is 0 Å². The number of hydrogen-bond donors (Lipinski definition) is 3. The van der Waals surface area contributed by atoms with Gasteiger partial charge in [-0.2, -0.15) is 5.10 Å². The van der Waals surface area contributed by atoms with Crippen LogP contribution in [0.3, 0.4) is 0 Å². The van der Waals surface area contributed by atoms with Crippen molar-refractivity contribution >= 4 is 40.9 Å². The molecule has 0 aliphatic carbocycles. The predicted molar refractivity (Wildman–Crippen MR) is 141 cm³/mol. The molecule has 3 aromatic rings. The number of amides is 3. The third-order valence-electron chi connectivity index (χ3n) is 5.85. The first-order valence-electron chi connectivity index (χ1n) is 12.4. The van der Waals surface area contributed by atoms with Gasteiger partial charge in [0.05, 0.1) is 5.56 Å². The van der Waals surface area contributed by atoms with Gasteiger partial charge < -0.3 is 25.2 Å². The van der Waals surface area contributed by atoms with E-state index in [1.807, 2.05) is 19.9 Å². The number of aromatic nitrogens is 3. The molecule has 3 amide bonds. The minimum Gasteiger partial charge on any atom is -0.426 e. The lowest BCUT2D eigenvalue weighted by atomic mass is 10.1. The fourth-order valence-electron chi connectivity index (χ4n) is 3.67. The van der Waals surface area contributed by atoms with Gasteiger partial charge in [-0.3, -0.25) is 9.59 Å². The van der Waals surface area contributed by atoms with Crippen LogP contribution in [0, 0.1) is 13.8 Å². The van der Waals surface area contributed by atoms with Crippen molar-refractivity contribution in [3.05, 3.63) is 53.0 Å². The number of carbonyl (C=O) groups is 4. The largest absolute Gasteiger partial charge is 0.426 e. The number of nitrogens with one attached hydrogen (secondary N) is 2. The summed E-state index contributed by atoms with van der Waals surface area (Å²) in [5.74, 6) is -1.41. The predicted octanol–water partition coefficient (Wildman–Crippen LogP) is 2.71. The Morgan fingerprint density at radius 1 is 1.15 bits per heavy atom. The number of benzene rings is 1. The lowest BCUT2D eigenvalue weighted by Crippen LogP contribution is -2.38. The zero-order chi connectivity index (χ0) is 28.7. The molecule has 1 atom stereocenters. The van der Waals surface area contributed by atoms with Crippen LogP contribution in [-0.4, -0.2) is 74.5 Å². The van der Waals surface area contributed by atoms with E-state index in [2.05, 4.69) is 25.5 Å². The summed E-state index contributed by atoms with van der Waals surface area (Å²) in [6.45, 7) is 8.15. The standard InChI is InChI=1S/C26H32N6O7/c1-6-10-27-23(34)18-9-8-15(3)20(11-18)30-22-21-16(4)19(12-32(21)29-13-28-22)24(35)31(7-2)26(37)39-14-38-25(36)17(5)33/h8-9,11-13,17,33H,6-7,10,14H2,1-5H3,(H,27,34)(H,28,29,30). The summed E-state index contributed by atoms with van der Waals surface area (Å²) >= 11 is 0. The summed E-state index contributed by atoms with van der Waals surface area (Å²) in [5.41, 5.74) is 3.19. The Labute approximate surface area is 225 Å². The molecular weight excluding hydrogens is 508 g/mol. The molecule has 0 fully saturated rings. The third-order valence-corrected chi connectivity index (χ3v) is 5.85. The van der Waals surface area contributed by atoms with Crippen LogP contribution in [-0.2, 0) is 14.3 Å². The summed E-state index contributed by atoms with van der Waals surface area (Å²) in [6, 6.07) is 5.29. The van der Waals surface area contributed by atoms with E-state index in [1.54, 1.807) is 26.0 Å². The Bertz CT molecular complexity index is 1380. The highest BCUT2D eigenvalue weighted by Crippen LogP contribution is 2.28. The molecule has 208 valence electrons. The molecular formula is C26H32N6O7. The Hall–Kier alpha value is -4.52. The van der Waals surface area contributed by atoms with Crippen molar-refractivity contribution in [3.63, 3.8) is 0 Å². The van der Waals surface area contributed by atoms with Gasteiger partial charge in [-0.15, -0.1) is 0 Å². The number of aryl methyl sites for hydroxylation is 2. The fraction of sp³-hybridized carbons (Fsp3) is 0.385. The molecule has 0 aliphatic heterocycles. The monoisotopic (exact) mass is 540 g/mol. The van der Waals surface area contributed by atoms with E-state index in [0.717, 1.165) is 16.9 Å². The molecule has 1 aromatic carbocycles. The van der Waals surface area contributed by atoms with Gasteiger partial charge in [0.15, 0.2) is 5.82 Å². The molecule has 13 heteroatoms. The number of aliphatic hydroxyl groups is 1. The number of hydrogen-bond acceptors (Lipinski definition) is 10. The summed E-state index contributed by atoms with van der Waals surface area (Å²) in [4.78, 5) is 54.8. The second kappa shape index (κ2) is 12.8. The number of rotatable bonds is 10. The maximum Gasteiger partial charge on any atom is 0.419 e. The van der Waals surface area contributed by atoms with Crippen LogP contribution in [0.5, 0.6) is 0 Å². The SMILES string of the molecule is CCCNC(=O)c1ccc(C)c(Nc2ncnn3cc(C(=O)N(CC)C(=O)OCOC(=O)C(C)O)c(C)c23)c1. The lowest BCUT2D eigenvalue weighted by Gasteiger charge is -2.18. The normalized spacial score (nSPS) is 11.5. The number of fused-ring (bicyclic) bond motifs is 1. The van der Waals surface area contributed by atoms with Crippen molar-refractivity contribution in [3.8, 4) is 0 Å². The molecule has 0 saturated carbocycles. The maximum atomic E-state index is 13.3. The number of anilines is 2. The number of aliphatic hydroxyl groups excluding tert-OH is 1. The second-order valence-corrected chi connectivity index (χ2v) is 8.70. The average Bonchev–Trinajstić information content (AvgIpc) is 3.25. The second-order valence-electron chi connectivity index (χ2n) is 8.70. The van der Waals surface area contributed by atoms with Crippen LogP contribution < -0.4 is 10.6 Å². The zero-order valence-corrected chi connectivity index (χ0v) is 22.5. The van der Waals surface area contributed by atoms with E-state index in [1.165, 1.54) is 24.0 Å². The summed E-state index contributed by atoms with van der Waals surface area (Å²) < 4.78 is 11.0. The first-order chi connectivity index (χ1) is 18.6. The van der Waals surface area contributed by atoms with Gasteiger partial charge in [-0.25, -0.2) is 24.0 Å². The van der Waals surface area contributed by atoms with Crippen molar-refractivity contribution in [2.24, 2.45) is 0 Å². The molecule has 39 heavy (non-hydrogen) atoms. The molecule has 0 aliphatic rings. The molecule has 3 rings (SSSR count). The molecule has 3 N–H and O–H groups in total. The van der Waals surface area contributed by atoms with Crippen molar-refractivity contribution in [1.82, 2.24) is 24.8 Å². The Kier molecular flexibility index (Phi) is 9.55. The van der Waals surface area contributed by atoms with Crippen molar-refractivity contribution in [2.75, 3.05) is 25.2 Å². The summed E-state index contributed by atoms with van der Waals surface area (Å²) in [6.07, 6.45) is 1.22. The Morgan fingerprint density at radius 3 is 2.56 bits per heavy atom. The maximum absolute atomic E-state index is 13.3. The molecule has 1 unspecified atom stereocenters. The van der Waals surface area contributed by atoms with Crippen LogP contribution in [0.1, 0.15) is 59.0 Å². The van der Waals surface area contributed by atoms with Crippen LogP contribution in [0.2, 0.25) is 0 Å².